The van der Waals surface area contributed by atoms with Gasteiger partial charge in [0.2, 0.25) is 0 Å². The van der Waals surface area contributed by atoms with Gasteiger partial charge in [0.1, 0.15) is 5.82 Å². The van der Waals surface area contributed by atoms with E-state index in [1.54, 1.807) is 10.6 Å². The third-order valence-corrected chi connectivity index (χ3v) is 3.10. The van der Waals surface area contributed by atoms with Gasteiger partial charge in [0.25, 0.3) is 0 Å². The molecule has 110 valence electrons. The van der Waals surface area contributed by atoms with Crippen molar-refractivity contribution in [3.8, 4) is 0 Å². The van der Waals surface area contributed by atoms with Gasteiger partial charge in [-0.05, 0) is 19.1 Å². The van der Waals surface area contributed by atoms with Gasteiger partial charge < -0.3 is 16.0 Å². The average Bonchev–Trinajstić information content (AvgIpc) is 2.82. The van der Waals surface area contributed by atoms with Crippen LogP contribution in [0.25, 0.3) is 16.6 Å². The summed E-state index contributed by atoms with van der Waals surface area (Å²) in [6, 6.07) is 2.19. The first-order chi connectivity index (χ1) is 10.0. The molecule has 0 aliphatic rings. The van der Waals surface area contributed by atoms with E-state index in [9.17, 15) is 8.78 Å². The molecule has 6 heteroatoms. The highest BCUT2D eigenvalue weighted by Crippen LogP contribution is 2.24. The summed E-state index contributed by atoms with van der Waals surface area (Å²) in [6.07, 6.45) is 4.42. The van der Waals surface area contributed by atoms with Gasteiger partial charge in [-0.3, -0.25) is 0 Å². The van der Waals surface area contributed by atoms with Crippen molar-refractivity contribution in [2.45, 2.75) is 13.5 Å². The molecule has 0 aliphatic heterocycles. The highest BCUT2D eigenvalue weighted by Gasteiger charge is 2.15. The summed E-state index contributed by atoms with van der Waals surface area (Å²) in [7, 11) is 0. The van der Waals surface area contributed by atoms with Gasteiger partial charge in [-0.2, -0.15) is 0 Å². The molecule has 0 saturated heterocycles. The van der Waals surface area contributed by atoms with Gasteiger partial charge in [0, 0.05) is 36.1 Å². The molecule has 0 unspecified atom stereocenters. The Morgan fingerprint density at radius 3 is 2.62 bits per heavy atom. The molecule has 0 spiro atoms. The maximum Gasteiger partial charge on any atom is 0.161 e. The van der Waals surface area contributed by atoms with Crippen molar-refractivity contribution < 1.29 is 8.78 Å². The van der Waals surface area contributed by atoms with E-state index in [-0.39, 0.29) is 0 Å². The maximum absolute atomic E-state index is 13.4. The Hall–Kier alpha value is -2.63. The molecule has 21 heavy (non-hydrogen) atoms. The molecule has 0 aliphatic carbocycles. The van der Waals surface area contributed by atoms with E-state index in [1.807, 2.05) is 6.92 Å². The fourth-order valence-electron chi connectivity index (χ4n) is 2.09. The summed E-state index contributed by atoms with van der Waals surface area (Å²) < 4.78 is 28.5. The fourth-order valence-corrected chi connectivity index (χ4v) is 2.09. The van der Waals surface area contributed by atoms with E-state index in [1.165, 1.54) is 12.3 Å². The van der Waals surface area contributed by atoms with Gasteiger partial charge in [-0.1, -0.05) is 6.58 Å². The minimum atomic E-state index is -0.936. The quantitative estimate of drug-likeness (QED) is 0.850. The van der Waals surface area contributed by atoms with E-state index in [0.717, 1.165) is 12.1 Å². The predicted octanol–water partition coefficient (Wildman–Crippen LogP) is 2.66. The molecule has 0 bridgehead atoms. The van der Waals surface area contributed by atoms with Crippen molar-refractivity contribution in [1.82, 2.24) is 9.55 Å². The summed E-state index contributed by atoms with van der Waals surface area (Å²) >= 11 is 0. The molecule has 1 aromatic carbocycles. The number of hydrogen-bond donors (Lipinski definition) is 2. The molecule has 2 aromatic rings. The van der Waals surface area contributed by atoms with Gasteiger partial charge >= 0.3 is 0 Å². The summed E-state index contributed by atoms with van der Waals surface area (Å²) in [4.78, 5) is 4.32. The number of rotatable bonds is 4. The number of nitrogens with two attached hydrogens (primary N) is 2. The van der Waals surface area contributed by atoms with Gasteiger partial charge in [-0.15, -0.1) is 0 Å². The zero-order valence-corrected chi connectivity index (χ0v) is 11.6. The van der Waals surface area contributed by atoms with Crippen LogP contribution in [-0.2, 0) is 6.54 Å². The molecule has 4 N–H and O–H groups in total. The van der Waals surface area contributed by atoms with Gasteiger partial charge in [0.05, 0.1) is 11.0 Å². The third-order valence-electron chi connectivity index (χ3n) is 3.10. The summed E-state index contributed by atoms with van der Waals surface area (Å²) in [6.45, 7) is 5.96. The number of hydrogen-bond acceptors (Lipinski definition) is 3. The number of benzene rings is 1. The molecule has 0 fully saturated rings. The third kappa shape index (κ3) is 2.65. The van der Waals surface area contributed by atoms with Crippen molar-refractivity contribution in [1.29, 1.82) is 0 Å². The first-order valence-electron chi connectivity index (χ1n) is 6.39. The first kappa shape index (κ1) is 14.8. The highest BCUT2D eigenvalue weighted by molar-refractivity contribution is 5.82. The van der Waals surface area contributed by atoms with Crippen molar-refractivity contribution in [2.24, 2.45) is 11.5 Å². The molecule has 0 atom stereocenters. The van der Waals surface area contributed by atoms with Gasteiger partial charge in [0.15, 0.2) is 11.6 Å². The number of aromatic nitrogens is 2. The molecule has 0 saturated carbocycles. The minimum absolute atomic E-state index is 0.357. The first-order valence-corrected chi connectivity index (χ1v) is 6.39. The standard InChI is InChI=1S/C15H16F2N4/c1-3-10(19)5-9(8-18)15-20-13-6-11(16)12(17)7-14(13)21(15)4-2/h3,5-8H,1,4,18-19H2,2H3/b9-8+,10-5-. The second-order valence-corrected chi connectivity index (χ2v) is 4.41. The summed E-state index contributed by atoms with van der Waals surface area (Å²) in [5, 5.41) is 0. The number of halogens is 2. The van der Waals surface area contributed by atoms with Crippen LogP contribution in [0.2, 0.25) is 0 Å². The molecule has 1 heterocycles. The number of fused-ring (bicyclic) bond motifs is 1. The topological polar surface area (TPSA) is 69.9 Å². The SMILES string of the molecule is C=C/C(N)=C/C(=C\N)c1nc2cc(F)c(F)cc2n1CC. The Balaban J connectivity index is 2.71. The van der Waals surface area contributed by atoms with E-state index in [4.69, 9.17) is 11.5 Å². The van der Waals surface area contributed by atoms with Crippen LogP contribution in [0.4, 0.5) is 8.78 Å². The number of imidazole rings is 1. The second kappa shape index (κ2) is 5.78. The fraction of sp³-hybridized carbons (Fsp3) is 0.133. The normalized spacial score (nSPS) is 12.9. The molecule has 2 rings (SSSR count). The lowest BCUT2D eigenvalue weighted by Gasteiger charge is -2.07. The lowest BCUT2D eigenvalue weighted by atomic mass is 10.2. The molecule has 4 nitrogen and oxygen atoms in total. The molecule has 1 aromatic heterocycles. The molecular weight excluding hydrogens is 274 g/mol. The molecule has 0 radical (unpaired) electrons. The van der Waals surface area contributed by atoms with Gasteiger partial charge in [-0.25, -0.2) is 13.8 Å². The second-order valence-electron chi connectivity index (χ2n) is 4.41. The smallest absolute Gasteiger partial charge is 0.161 e. The van der Waals surface area contributed by atoms with Crippen LogP contribution in [0.3, 0.4) is 0 Å². The largest absolute Gasteiger partial charge is 0.404 e. The van der Waals surface area contributed by atoms with Crippen molar-refractivity contribution in [3.05, 3.63) is 60.2 Å². The zero-order valence-electron chi connectivity index (χ0n) is 11.6. The zero-order chi connectivity index (χ0) is 15.6. The van der Waals surface area contributed by atoms with E-state index < -0.39 is 11.6 Å². The van der Waals surface area contributed by atoms with Crippen LogP contribution in [0.1, 0.15) is 12.7 Å². The van der Waals surface area contributed by atoms with E-state index in [0.29, 0.717) is 34.7 Å². The monoisotopic (exact) mass is 290 g/mol. The highest BCUT2D eigenvalue weighted by atomic mass is 19.2. The van der Waals surface area contributed by atoms with Crippen molar-refractivity contribution >= 4 is 16.6 Å². The number of aryl methyl sites for hydroxylation is 1. The van der Waals surface area contributed by atoms with Crippen LogP contribution in [0.5, 0.6) is 0 Å². The van der Waals surface area contributed by atoms with E-state index in [2.05, 4.69) is 11.6 Å². The Bertz CT molecular complexity index is 757. The Morgan fingerprint density at radius 2 is 2.05 bits per heavy atom. The van der Waals surface area contributed by atoms with Crippen LogP contribution >= 0.6 is 0 Å². The summed E-state index contributed by atoms with van der Waals surface area (Å²) in [5.41, 5.74) is 13.1. The van der Waals surface area contributed by atoms with E-state index >= 15 is 0 Å². The van der Waals surface area contributed by atoms with Crippen molar-refractivity contribution in [2.75, 3.05) is 0 Å². The number of allylic oxidation sites excluding steroid dienone is 3. The Labute approximate surface area is 121 Å². The molecule has 0 amide bonds. The predicted molar refractivity (Wildman–Crippen MR) is 80.0 cm³/mol. The van der Waals surface area contributed by atoms with Crippen LogP contribution in [0, 0.1) is 11.6 Å². The lowest BCUT2D eigenvalue weighted by molar-refractivity contribution is 0.510. The van der Waals surface area contributed by atoms with Crippen LogP contribution in [-0.4, -0.2) is 9.55 Å². The minimum Gasteiger partial charge on any atom is -0.404 e. The Kier molecular flexibility index (Phi) is 4.07. The Morgan fingerprint density at radius 1 is 1.38 bits per heavy atom. The lowest BCUT2D eigenvalue weighted by Crippen LogP contribution is -2.03. The average molecular weight is 290 g/mol. The van der Waals surface area contributed by atoms with Crippen LogP contribution in [0.15, 0.2) is 42.8 Å². The summed E-state index contributed by atoms with van der Waals surface area (Å²) in [5.74, 6) is -1.36. The van der Waals surface area contributed by atoms with Crippen LogP contribution < -0.4 is 11.5 Å². The van der Waals surface area contributed by atoms with Crippen molar-refractivity contribution in [3.63, 3.8) is 0 Å². The number of nitrogens with zero attached hydrogens (tertiary/aromatic N) is 2. The maximum atomic E-state index is 13.4. The molecular formula is C15H16F2N4.